The van der Waals surface area contributed by atoms with E-state index in [0.29, 0.717) is 12.2 Å². The molecule has 0 aromatic carbocycles. The maximum absolute atomic E-state index is 5.86. The number of unbranched alkanes of at least 4 members (excludes halogenated alkanes) is 1. The molecule has 0 aromatic heterocycles. The van der Waals surface area contributed by atoms with Gasteiger partial charge in [-0.05, 0) is 38.5 Å². The Morgan fingerprint density at radius 1 is 1.11 bits per heavy atom. The number of hydrogen-bond donors (Lipinski definition) is 0. The average Bonchev–Trinajstić information content (AvgIpc) is 2.41. The van der Waals surface area contributed by atoms with Gasteiger partial charge in [-0.2, -0.15) is 0 Å². The summed E-state index contributed by atoms with van der Waals surface area (Å²) in [7, 11) is 1.77. The quantitative estimate of drug-likeness (QED) is 0.355. The molecule has 0 saturated heterocycles. The molecule has 0 bridgehead atoms. The third kappa shape index (κ3) is 9.67. The van der Waals surface area contributed by atoms with Crippen molar-refractivity contribution in [2.45, 2.75) is 70.5 Å². The lowest BCUT2D eigenvalue weighted by Gasteiger charge is -2.18. The Labute approximate surface area is 114 Å². The Bertz CT molecular complexity index is 176. The molecule has 2 nitrogen and oxygen atoms in total. The number of rotatable bonds is 13. The van der Waals surface area contributed by atoms with E-state index >= 15 is 0 Å². The van der Waals surface area contributed by atoms with Crippen LogP contribution < -0.4 is 0 Å². The molecule has 0 N–H and O–H groups in total. The monoisotopic (exact) mass is 255 g/mol. The Balaban J connectivity index is 3.69. The molecule has 0 aliphatic heterocycles. The molecule has 0 heterocycles. The van der Waals surface area contributed by atoms with Gasteiger partial charge >= 0.3 is 0 Å². The first-order chi connectivity index (χ1) is 8.78. The fourth-order valence-corrected chi connectivity index (χ4v) is 2.02. The van der Waals surface area contributed by atoms with Gasteiger partial charge in [0.05, 0.1) is 12.2 Å². The summed E-state index contributed by atoms with van der Waals surface area (Å²) in [5.74, 6) is 0. The van der Waals surface area contributed by atoms with Crippen LogP contribution in [0.15, 0.2) is 12.7 Å². The highest BCUT2D eigenvalue weighted by atomic mass is 16.5. The Morgan fingerprint density at radius 3 is 2.28 bits per heavy atom. The topological polar surface area (TPSA) is 18.5 Å². The minimum atomic E-state index is 0.327. The van der Waals surface area contributed by atoms with Gasteiger partial charge in [0, 0.05) is 13.7 Å². The van der Waals surface area contributed by atoms with Gasteiger partial charge in [0.15, 0.2) is 0 Å². The van der Waals surface area contributed by atoms with Crippen LogP contribution in [0.5, 0.6) is 0 Å². The van der Waals surface area contributed by atoms with Crippen LogP contribution in [0.3, 0.4) is 0 Å². The van der Waals surface area contributed by atoms with Gasteiger partial charge in [0.2, 0.25) is 0 Å². The first kappa shape index (κ1) is 17.7. The largest absolute Gasteiger partial charge is 0.381 e. The molecule has 0 saturated carbocycles. The van der Waals surface area contributed by atoms with Crippen LogP contribution in [0, 0.1) is 6.92 Å². The normalized spacial score (nSPS) is 14.4. The van der Waals surface area contributed by atoms with E-state index in [1.807, 2.05) is 6.08 Å². The van der Waals surface area contributed by atoms with Gasteiger partial charge in [-0.3, -0.25) is 0 Å². The van der Waals surface area contributed by atoms with Gasteiger partial charge < -0.3 is 9.47 Å². The highest BCUT2D eigenvalue weighted by molar-refractivity contribution is 4.70. The van der Waals surface area contributed by atoms with Gasteiger partial charge in [0.25, 0.3) is 0 Å². The van der Waals surface area contributed by atoms with Crippen LogP contribution in [0.4, 0.5) is 0 Å². The van der Waals surface area contributed by atoms with Crippen LogP contribution in [0.1, 0.15) is 58.3 Å². The van der Waals surface area contributed by atoms with E-state index in [1.165, 1.54) is 12.8 Å². The van der Waals surface area contributed by atoms with Crippen molar-refractivity contribution in [3.05, 3.63) is 19.6 Å². The molecule has 0 aliphatic carbocycles. The summed E-state index contributed by atoms with van der Waals surface area (Å²) in [6, 6.07) is 0. The minimum Gasteiger partial charge on any atom is -0.381 e. The van der Waals surface area contributed by atoms with Crippen LogP contribution in [0.25, 0.3) is 0 Å². The standard InChI is InChI=1S/C16H31O2/c1-5-8-11-16(18-14-6-2)13-10-9-12-15(7-3)17-4/h5,15-16H,1,3,6-14H2,2,4H3. The molecular formula is C16H31O2. The smallest absolute Gasteiger partial charge is 0.0578 e. The highest BCUT2D eigenvalue weighted by Gasteiger charge is 2.09. The molecule has 1 radical (unpaired) electrons. The SMILES string of the molecule is [CH2]CC(CCCCC(CCC=C)OCCC)OC. The fourth-order valence-electron chi connectivity index (χ4n) is 2.02. The van der Waals surface area contributed by atoms with Crippen LogP contribution in [-0.4, -0.2) is 25.9 Å². The van der Waals surface area contributed by atoms with Crippen LogP contribution in [-0.2, 0) is 9.47 Å². The molecule has 0 fully saturated rings. The minimum absolute atomic E-state index is 0.327. The van der Waals surface area contributed by atoms with E-state index in [-0.39, 0.29) is 0 Å². The van der Waals surface area contributed by atoms with Crippen LogP contribution >= 0.6 is 0 Å². The molecular weight excluding hydrogens is 224 g/mol. The molecule has 0 amide bonds. The third-order valence-electron chi connectivity index (χ3n) is 3.21. The maximum atomic E-state index is 5.86. The summed E-state index contributed by atoms with van der Waals surface area (Å²) in [6.07, 6.45) is 11.5. The summed E-state index contributed by atoms with van der Waals surface area (Å²) in [5, 5.41) is 0. The first-order valence-electron chi connectivity index (χ1n) is 7.32. The molecule has 0 aliphatic rings. The second-order valence-electron chi connectivity index (χ2n) is 4.79. The molecule has 18 heavy (non-hydrogen) atoms. The summed E-state index contributed by atoms with van der Waals surface area (Å²) in [4.78, 5) is 0. The van der Waals surface area contributed by atoms with Crippen molar-refractivity contribution < 1.29 is 9.47 Å². The second kappa shape index (κ2) is 13.1. The van der Waals surface area contributed by atoms with E-state index < -0.39 is 0 Å². The summed E-state index contributed by atoms with van der Waals surface area (Å²) < 4.78 is 11.2. The van der Waals surface area contributed by atoms with Gasteiger partial charge in [-0.15, -0.1) is 6.58 Å². The van der Waals surface area contributed by atoms with Gasteiger partial charge in [-0.1, -0.05) is 32.8 Å². The zero-order valence-electron chi connectivity index (χ0n) is 12.3. The Hall–Kier alpha value is -0.340. The second-order valence-corrected chi connectivity index (χ2v) is 4.79. The van der Waals surface area contributed by atoms with E-state index in [9.17, 15) is 0 Å². The third-order valence-corrected chi connectivity index (χ3v) is 3.21. The van der Waals surface area contributed by atoms with E-state index in [2.05, 4.69) is 20.4 Å². The van der Waals surface area contributed by atoms with E-state index in [0.717, 1.165) is 45.1 Å². The summed E-state index contributed by atoms with van der Waals surface area (Å²) >= 11 is 0. The molecule has 0 aromatic rings. The first-order valence-corrected chi connectivity index (χ1v) is 7.32. The zero-order valence-corrected chi connectivity index (χ0v) is 12.3. The van der Waals surface area contributed by atoms with Crippen molar-refractivity contribution >= 4 is 0 Å². The average molecular weight is 255 g/mol. The van der Waals surface area contributed by atoms with Crippen molar-refractivity contribution in [1.29, 1.82) is 0 Å². The van der Waals surface area contributed by atoms with Gasteiger partial charge in [-0.25, -0.2) is 0 Å². The van der Waals surface area contributed by atoms with Gasteiger partial charge in [0.1, 0.15) is 0 Å². The molecule has 107 valence electrons. The molecule has 0 spiro atoms. The molecule has 2 atom stereocenters. The molecule has 2 unspecified atom stereocenters. The molecule has 2 heteroatoms. The lowest BCUT2D eigenvalue weighted by molar-refractivity contribution is 0.0392. The predicted octanol–water partition coefficient (Wildman–Crippen LogP) is 4.55. The van der Waals surface area contributed by atoms with Crippen molar-refractivity contribution in [3.63, 3.8) is 0 Å². The maximum Gasteiger partial charge on any atom is 0.0578 e. The fraction of sp³-hybridized carbons (Fsp3) is 0.812. The van der Waals surface area contributed by atoms with E-state index in [4.69, 9.17) is 9.47 Å². The number of ether oxygens (including phenoxy) is 2. The predicted molar refractivity (Wildman–Crippen MR) is 78.7 cm³/mol. The van der Waals surface area contributed by atoms with Crippen molar-refractivity contribution in [1.82, 2.24) is 0 Å². The molecule has 0 rings (SSSR count). The lowest BCUT2D eigenvalue weighted by atomic mass is 10.0. The van der Waals surface area contributed by atoms with Crippen molar-refractivity contribution in [2.24, 2.45) is 0 Å². The van der Waals surface area contributed by atoms with Crippen molar-refractivity contribution in [2.75, 3.05) is 13.7 Å². The highest BCUT2D eigenvalue weighted by Crippen LogP contribution is 2.15. The van der Waals surface area contributed by atoms with E-state index in [1.54, 1.807) is 7.11 Å². The Morgan fingerprint density at radius 2 is 1.78 bits per heavy atom. The van der Waals surface area contributed by atoms with Crippen molar-refractivity contribution in [3.8, 4) is 0 Å². The number of hydrogen-bond acceptors (Lipinski definition) is 2. The van der Waals surface area contributed by atoms with Crippen LogP contribution in [0.2, 0.25) is 0 Å². The lowest BCUT2D eigenvalue weighted by Crippen LogP contribution is -2.14. The number of allylic oxidation sites excluding steroid dienone is 1. The summed E-state index contributed by atoms with van der Waals surface area (Å²) in [5.41, 5.74) is 0. The Kier molecular flexibility index (Phi) is 12.9. The zero-order chi connectivity index (χ0) is 13.6. The number of methoxy groups -OCH3 is 1. The summed E-state index contributed by atoms with van der Waals surface area (Å²) in [6.45, 7) is 10.7.